The van der Waals surface area contributed by atoms with E-state index >= 15 is 0 Å². The van der Waals surface area contributed by atoms with E-state index in [1.165, 1.54) is 45.9 Å². The van der Waals surface area contributed by atoms with Crippen LogP contribution in [0, 0.1) is 0 Å². The van der Waals surface area contributed by atoms with E-state index in [2.05, 4.69) is 263 Å². The molecule has 0 spiro atoms. The van der Waals surface area contributed by atoms with Crippen LogP contribution in [0.5, 0.6) is 0 Å². The Balaban J connectivity index is 1.06. The highest BCUT2D eigenvalue weighted by Crippen LogP contribution is 2.48. The van der Waals surface area contributed by atoms with Gasteiger partial charge in [0.2, 0.25) is 0 Å². The maximum Gasteiger partial charge on any atom is 0.0482 e. The molecular formula is C60H41N3S2. The first-order valence-corrected chi connectivity index (χ1v) is 23.5. The third-order valence-electron chi connectivity index (χ3n) is 12.2. The van der Waals surface area contributed by atoms with Gasteiger partial charge in [0.25, 0.3) is 0 Å². The Labute approximate surface area is 386 Å². The van der Waals surface area contributed by atoms with Crippen LogP contribution in [0.1, 0.15) is 0 Å². The highest BCUT2D eigenvalue weighted by molar-refractivity contribution is 7.26. The molecule has 5 heteroatoms. The summed E-state index contributed by atoms with van der Waals surface area (Å²) in [6.45, 7) is 0. The molecule has 3 nitrogen and oxygen atoms in total. The SMILES string of the molecule is c1ccc(N(c2ccccc2)c2ccc(-c3cc(N(c4ccccc4)c4ccccc4)cc4sc5ccc(N(c6ccccc6)c6ccc7c(c6)sc6ccccc67)cc5c34)cc2)cc1. The Morgan fingerprint density at radius 3 is 1.18 bits per heavy atom. The Kier molecular flexibility index (Phi) is 9.90. The van der Waals surface area contributed by atoms with Gasteiger partial charge in [-0.1, -0.05) is 127 Å². The molecule has 2 heterocycles. The van der Waals surface area contributed by atoms with Crippen molar-refractivity contribution in [1.82, 2.24) is 0 Å². The molecule has 2 aromatic heterocycles. The summed E-state index contributed by atoms with van der Waals surface area (Å²) in [6.07, 6.45) is 0. The number of hydrogen-bond acceptors (Lipinski definition) is 5. The summed E-state index contributed by atoms with van der Waals surface area (Å²) in [5.74, 6) is 0. The first-order chi connectivity index (χ1) is 32.2. The van der Waals surface area contributed by atoms with Crippen LogP contribution in [0.2, 0.25) is 0 Å². The summed E-state index contributed by atoms with van der Waals surface area (Å²) in [5, 5.41) is 5.09. The van der Waals surface area contributed by atoms with E-state index in [-0.39, 0.29) is 0 Å². The van der Waals surface area contributed by atoms with E-state index < -0.39 is 0 Å². The van der Waals surface area contributed by atoms with Gasteiger partial charge in [0, 0.05) is 91.5 Å². The second-order valence-electron chi connectivity index (χ2n) is 16.2. The van der Waals surface area contributed by atoms with Gasteiger partial charge >= 0.3 is 0 Å². The van der Waals surface area contributed by atoms with Gasteiger partial charge in [0.1, 0.15) is 0 Å². The molecule has 0 saturated heterocycles. The number of thiophene rings is 2. The fraction of sp³-hybridized carbons (Fsp3) is 0. The smallest absolute Gasteiger partial charge is 0.0482 e. The molecular weight excluding hydrogens is 827 g/mol. The van der Waals surface area contributed by atoms with Gasteiger partial charge in [-0.15, -0.1) is 22.7 Å². The number of benzene rings is 10. The summed E-state index contributed by atoms with van der Waals surface area (Å²) in [7, 11) is 0. The number of anilines is 9. The summed E-state index contributed by atoms with van der Waals surface area (Å²) >= 11 is 3.72. The zero-order valence-corrected chi connectivity index (χ0v) is 37.0. The normalized spacial score (nSPS) is 11.4. The standard InChI is InChI=1S/C60H41N3S2/c1-6-18-43(19-7-1)61(44-20-8-2-9-21-44)48-32-30-42(31-33-48)54-39-51(62(45-22-10-3-11-23-45)46-24-12-4-13-25-46)41-59-60(54)55-38-49(35-37-57(55)65-59)63(47-26-14-5-15-27-47)50-34-36-53-52-28-16-17-29-56(52)64-58(53)40-50/h1-41H. The molecule has 0 radical (unpaired) electrons. The predicted molar refractivity (Wildman–Crippen MR) is 282 cm³/mol. The molecule has 0 atom stereocenters. The van der Waals surface area contributed by atoms with E-state index in [1.54, 1.807) is 0 Å². The first kappa shape index (κ1) is 38.7. The maximum absolute atomic E-state index is 2.41. The van der Waals surface area contributed by atoms with Gasteiger partial charge in [0.05, 0.1) is 0 Å². The second kappa shape index (κ2) is 16.6. The molecule has 0 amide bonds. The lowest BCUT2D eigenvalue weighted by atomic mass is 9.97. The van der Waals surface area contributed by atoms with Crippen LogP contribution in [-0.2, 0) is 0 Å². The summed E-state index contributed by atoms with van der Waals surface area (Å²) < 4.78 is 5.07. The molecule has 0 aliphatic carbocycles. The molecule has 0 unspecified atom stereocenters. The number of nitrogens with zero attached hydrogens (tertiary/aromatic N) is 3. The van der Waals surface area contributed by atoms with Crippen molar-refractivity contribution in [1.29, 1.82) is 0 Å². The van der Waals surface area contributed by atoms with Crippen molar-refractivity contribution >= 4 is 114 Å². The zero-order chi connectivity index (χ0) is 43.1. The van der Waals surface area contributed by atoms with E-state index in [0.717, 1.165) is 56.7 Å². The highest BCUT2D eigenvalue weighted by atomic mass is 32.1. The van der Waals surface area contributed by atoms with E-state index in [9.17, 15) is 0 Å². The van der Waals surface area contributed by atoms with E-state index in [0.29, 0.717) is 0 Å². The van der Waals surface area contributed by atoms with Crippen molar-refractivity contribution < 1.29 is 0 Å². The molecule has 0 fully saturated rings. The summed E-state index contributed by atoms with van der Waals surface area (Å²) in [6, 6.07) is 90.0. The van der Waals surface area contributed by atoms with Crippen molar-refractivity contribution in [2.75, 3.05) is 14.7 Å². The van der Waals surface area contributed by atoms with Gasteiger partial charge in [-0.3, -0.25) is 0 Å². The quantitative estimate of drug-likeness (QED) is 0.136. The number of rotatable bonds is 10. The van der Waals surface area contributed by atoms with Gasteiger partial charge in [-0.25, -0.2) is 0 Å². The van der Waals surface area contributed by atoms with Gasteiger partial charge in [-0.2, -0.15) is 0 Å². The van der Waals surface area contributed by atoms with Crippen molar-refractivity contribution in [2.24, 2.45) is 0 Å². The third kappa shape index (κ3) is 7.17. The van der Waals surface area contributed by atoms with Crippen LogP contribution in [0.4, 0.5) is 51.2 Å². The average molecular weight is 868 g/mol. The van der Waals surface area contributed by atoms with Crippen LogP contribution < -0.4 is 14.7 Å². The molecule has 10 aromatic carbocycles. The van der Waals surface area contributed by atoms with Crippen molar-refractivity contribution in [3.8, 4) is 11.1 Å². The lowest BCUT2D eigenvalue weighted by Gasteiger charge is -2.27. The molecule has 0 N–H and O–H groups in total. The van der Waals surface area contributed by atoms with Crippen molar-refractivity contribution in [3.05, 3.63) is 249 Å². The minimum Gasteiger partial charge on any atom is -0.311 e. The number of hydrogen-bond donors (Lipinski definition) is 0. The topological polar surface area (TPSA) is 9.72 Å². The Morgan fingerprint density at radius 1 is 0.231 bits per heavy atom. The Morgan fingerprint density at radius 2 is 0.615 bits per heavy atom. The molecule has 0 aliphatic heterocycles. The van der Waals surface area contributed by atoms with Crippen LogP contribution >= 0.6 is 22.7 Å². The average Bonchev–Trinajstić information content (AvgIpc) is 3.94. The predicted octanol–water partition coefficient (Wildman–Crippen LogP) is 18.5. The summed E-state index contributed by atoms with van der Waals surface area (Å²) in [5.41, 5.74) is 12.4. The number of fused-ring (bicyclic) bond motifs is 6. The van der Waals surface area contributed by atoms with Crippen molar-refractivity contribution in [2.45, 2.75) is 0 Å². The molecule has 65 heavy (non-hydrogen) atoms. The Hall–Kier alpha value is -7.96. The first-order valence-electron chi connectivity index (χ1n) is 21.9. The van der Waals surface area contributed by atoms with Gasteiger partial charge in [0.15, 0.2) is 0 Å². The van der Waals surface area contributed by atoms with Crippen molar-refractivity contribution in [3.63, 3.8) is 0 Å². The highest BCUT2D eigenvalue weighted by Gasteiger charge is 2.22. The third-order valence-corrected chi connectivity index (χ3v) is 14.4. The molecule has 308 valence electrons. The monoisotopic (exact) mass is 867 g/mol. The van der Waals surface area contributed by atoms with Crippen LogP contribution in [0.25, 0.3) is 51.5 Å². The fourth-order valence-corrected chi connectivity index (χ4v) is 11.5. The maximum atomic E-state index is 2.41. The van der Waals surface area contributed by atoms with Crippen LogP contribution in [-0.4, -0.2) is 0 Å². The fourth-order valence-electron chi connectivity index (χ4n) is 9.25. The van der Waals surface area contributed by atoms with E-state index in [4.69, 9.17) is 0 Å². The van der Waals surface area contributed by atoms with Crippen LogP contribution in [0.3, 0.4) is 0 Å². The Bertz CT molecular complexity index is 3510. The lowest BCUT2D eigenvalue weighted by Crippen LogP contribution is -2.10. The molecule has 0 bridgehead atoms. The van der Waals surface area contributed by atoms with Gasteiger partial charge < -0.3 is 14.7 Å². The largest absolute Gasteiger partial charge is 0.311 e. The molecule has 0 saturated carbocycles. The second-order valence-corrected chi connectivity index (χ2v) is 18.3. The van der Waals surface area contributed by atoms with Gasteiger partial charge in [-0.05, 0) is 132 Å². The number of para-hydroxylation sites is 5. The van der Waals surface area contributed by atoms with Crippen LogP contribution in [0.15, 0.2) is 249 Å². The van der Waals surface area contributed by atoms with E-state index in [1.807, 2.05) is 22.7 Å². The minimum atomic E-state index is 1.10. The summed E-state index contributed by atoms with van der Waals surface area (Å²) in [4.78, 5) is 7.10. The molecule has 12 aromatic rings. The molecule has 0 aliphatic rings. The lowest BCUT2D eigenvalue weighted by molar-refractivity contribution is 1.28. The zero-order valence-electron chi connectivity index (χ0n) is 35.3. The molecule has 12 rings (SSSR count). The minimum absolute atomic E-state index is 1.10.